The number of nitrogens with zero attached hydrogens (tertiary/aromatic N) is 1. The number of nitrogens with one attached hydrogen (secondary N) is 2. The van der Waals surface area contributed by atoms with Crippen LogP contribution < -0.4 is 5.73 Å². The minimum Gasteiger partial charge on any atom is -0.366 e. The van der Waals surface area contributed by atoms with Crippen molar-refractivity contribution in [3.8, 4) is 11.3 Å². The van der Waals surface area contributed by atoms with Crippen molar-refractivity contribution >= 4 is 16.9 Å². The monoisotopic (exact) mass is 240 g/mol. The summed E-state index contributed by atoms with van der Waals surface area (Å²) in [6, 6.07) is 7.65. The summed E-state index contributed by atoms with van der Waals surface area (Å²) in [5.41, 5.74) is 10.3. The first kappa shape index (κ1) is 10.6. The van der Waals surface area contributed by atoms with Crippen LogP contribution in [0.4, 0.5) is 0 Å². The fourth-order valence-corrected chi connectivity index (χ4v) is 2.07. The SMILES string of the molecule is Cc1[nH]c(-c2ccc3nc[nH]c3c2)cc1C(N)=O. The largest absolute Gasteiger partial charge is 0.366 e. The van der Waals surface area contributed by atoms with E-state index in [2.05, 4.69) is 15.0 Å². The first-order valence-corrected chi connectivity index (χ1v) is 5.58. The molecule has 90 valence electrons. The maximum absolute atomic E-state index is 11.2. The molecule has 1 amide bonds. The van der Waals surface area contributed by atoms with Gasteiger partial charge in [0.1, 0.15) is 0 Å². The number of primary amides is 1. The number of H-pyrrole nitrogens is 2. The average Bonchev–Trinajstić information content (AvgIpc) is 2.93. The summed E-state index contributed by atoms with van der Waals surface area (Å²) in [6.07, 6.45) is 1.66. The smallest absolute Gasteiger partial charge is 0.250 e. The Morgan fingerprint density at radius 1 is 1.33 bits per heavy atom. The molecule has 0 radical (unpaired) electrons. The number of imidazole rings is 1. The van der Waals surface area contributed by atoms with E-state index in [0.29, 0.717) is 5.56 Å². The maximum atomic E-state index is 11.2. The van der Waals surface area contributed by atoms with E-state index in [1.807, 2.05) is 25.1 Å². The van der Waals surface area contributed by atoms with Gasteiger partial charge < -0.3 is 15.7 Å². The predicted octanol–water partition coefficient (Wildman–Crippen LogP) is 1.97. The molecule has 0 spiro atoms. The molecular formula is C13H12N4O. The van der Waals surface area contributed by atoms with Crippen molar-refractivity contribution in [3.63, 3.8) is 0 Å². The van der Waals surface area contributed by atoms with Gasteiger partial charge in [-0.25, -0.2) is 4.98 Å². The van der Waals surface area contributed by atoms with E-state index in [1.165, 1.54) is 0 Å². The molecule has 2 aromatic heterocycles. The summed E-state index contributed by atoms with van der Waals surface area (Å²) >= 11 is 0. The van der Waals surface area contributed by atoms with E-state index in [0.717, 1.165) is 28.0 Å². The van der Waals surface area contributed by atoms with Crippen molar-refractivity contribution in [2.75, 3.05) is 0 Å². The zero-order valence-corrected chi connectivity index (χ0v) is 9.82. The van der Waals surface area contributed by atoms with Crippen LogP contribution in [0.3, 0.4) is 0 Å². The van der Waals surface area contributed by atoms with Gasteiger partial charge >= 0.3 is 0 Å². The molecule has 0 fully saturated rings. The van der Waals surface area contributed by atoms with Gasteiger partial charge in [0.05, 0.1) is 22.9 Å². The molecule has 18 heavy (non-hydrogen) atoms. The van der Waals surface area contributed by atoms with E-state index < -0.39 is 5.91 Å². The summed E-state index contributed by atoms with van der Waals surface area (Å²) in [7, 11) is 0. The Labute approximate surface area is 103 Å². The van der Waals surface area contributed by atoms with Crippen LogP contribution in [-0.4, -0.2) is 20.9 Å². The van der Waals surface area contributed by atoms with Crippen LogP contribution in [0.1, 0.15) is 16.1 Å². The summed E-state index contributed by atoms with van der Waals surface area (Å²) in [4.78, 5) is 21.6. The Balaban J connectivity index is 2.13. The fourth-order valence-electron chi connectivity index (χ4n) is 2.07. The molecule has 5 heteroatoms. The van der Waals surface area contributed by atoms with Crippen LogP contribution >= 0.6 is 0 Å². The standard InChI is InChI=1S/C13H12N4O/c1-7-9(13(14)18)5-11(17-7)8-2-3-10-12(4-8)16-6-15-10/h2-6,17H,1H3,(H2,14,18)(H,15,16). The van der Waals surface area contributed by atoms with E-state index in [9.17, 15) is 4.79 Å². The summed E-state index contributed by atoms with van der Waals surface area (Å²) in [6.45, 7) is 1.83. The highest BCUT2D eigenvalue weighted by Gasteiger charge is 2.11. The van der Waals surface area contributed by atoms with Crippen LogP contribution in [0.15, 0.2) is 30.6 Å². The fraction of sp³-hybridized carbons (Fsp3) is 0.0769. The van der Waals surface area contributed by atoms with Crippen LogP contribution in [0, 0.1) is 6.92 Å². The first-order valence-electron chi connectivity index (χ1n) is 5.58. The van der Waals surface area contributed by atoms with E-state index in [-0.39, 0.29) is 0 Å². The zero-order chi connectivity index (χ0) is 12.7. The third kappa shape index (κ3) is 1.57. The van der Waals surface area contributed by atoms with Crippen molar-refractivity contribution in [1.82, 2.24) is 15.0 Å². The Hall–Kier alpha value is -2.56. The number of aromatic nitrogens is 3. The zero-order valence-electron chi connectivity index (χ0n) is 9.82. The average molecular weight is 240 g/mol. The van der Waals surface area contributed by atoms with Crippen LogP contribution in [0.2, 0.25) is 0 Å². The van der Waals surface area contributed by atoms with Gasteiger partial charge in [-0.05, 0) is 25.1 Å². The number of fused-ring (bicyclic) bond motifs is 1. The van der Waals surface area contributed by atoms with Gasteiger partial charge in [0.2, 0.25) is 0 Å². The molecule has 3 aromatic rings. The number of benzene rings is 1. The number of nitrogens with two attached hydrogens (primary N) is 1. The summed E-state index contributed by atoms with van der Waals surface area (Å²) < 4.78 is 0. The van der Waals surface area contributed by atoms with Gasteiger partial charge in [-0.3, -0.25) is 4.79 Å². The highest BCUT2D eigenvalue weighted by atomic mass is 16.1. The molecule has 2 heterocycles. The number of aromatic amines is 2. The number of amides is 1. The number of aryl methyl sites for hydroxylation is 1. The highest BCUT2D eigenvalue weighted by Crippen LogP contribution is 2.24. The van der Waals surface area contributed by atoms with Crippen molar-refractivity contribution < 1.29 is 4.79 Å². The quantitative estimate of drug-likeness (QED) is 0.639. The van der Waals surface area contributed by atoms with E-state index in [1.54, 1.807) is 12.4 Å². The molecule has 0 aliphatic heterocycles. The molecule has 0 atom stereocenters. The van der Waals surface area contributed by atoms with E-state index in [4.69, 9.17) is 5.73 Å². The van der Waals surface area contributed by atoms with Crippen LogP contribution in [0.25, 0.3) is 22.3 Å². The molecule has 5 nitrogen and oxygen atoms in total. The third-order valence-corrected chi connectivity index (χ3v) is 3.01. The third-order valence-electron chi connectivity index (χ3n) is 3.01. The summed E-state index contributed by atoms with van der Waals surface area (Å²) in [5, 5.41) is 0. The van der Waals surface area contributed by atoms with Gasteiger partial charge in [0.25, 0.3) is 5.91 Å². The molecular weight excluding hydrogens is 228 g/mol. The lowest BCUT2D eigenvalue weighted by Crippen LogP contribution is -2.10. The molecule has 1 aromatic carbocycles. The molecule has 0 aliphatic rings. The Bertz CT molecular complexity index is 738. The molecule has 3 rings (SSSR count). The van der Waals surface area contributed by atoms with Gasteiger partial charge in [-0.2, -0.15) is 0 Å². The van der Waals surface area contributed by atoms with Crippen molar-refractivity contribution in [1.29, 1.82) is 0 Å². The second-order valence-electron chi connectivity index (χ2n) is 4.22. The highest BCUT2D eigenvalue weighted by molar-refractivity contribution is 5.95. The Morgan fingerprint density at radius 3 is 2.89 bits per heavy atom. The molecule has 0 saturated heterocycles. The van der Waals surface area contributed by atoms with Crippen LogP contribution in [0.5, 0.6) is 0 Å². The lowest BCUT2D eigenvalue weighted by atomic mass is 10.1. The topological polar surface area (TPSA) is 87.6 Å². The molecule has 0 aliphatic carbocycles. The van der Waals surface area contributed by atoms with Crippen LogP contribution in [-0.2, 0) is 0 Å². The predicted molar refractivity (Wildman–Crippen MR) is 69.1 cm³/mol. The maximum Gasteiger partial charge on any atom is 0.250 e. The van der Waals surface area contributed by atoms with E-state index >= 15 is 0 Å². The van der Waals surface area contributed by atoms with Gasteiger partial charge in [0.15, 0.2) is 0 Å². The number of hydrogen-bond donors (Lipinski definition) is 3. The van der Waals surface area contributed by atoms with Gasteiger partial charge in [-0.15, -0.1) is 0 Å². The first-order chi connectivity index (χ1) is 8.65. The van der Waals surface area contributed by atoms with Gasteiger partial charge in [-0.1, -0.05) is 6.07 Å². The van der Waals surface area contributed by atoms with Crippen molar-refractivity contribution in [2.24, 2.45) is 5.73 Å². The second-order valence-corrected chi connectivity index (χ2v) is 4.22. The number of carbonyl (C=O) groups is 1. The number of carbonyl (C=O) groups excluding carboxylic acids is 1. The Kier molecular flexibility index (Phi) is 2.19. The minimum atomic E-state index is -0.419. The van der Waals surface area contributed by atoms with Crippen molar-refractivity contribution in [3.05, 3.63) is 41.9 Å². The molecule has 4 N–H and O–H groups in total. The summed E-state index contributed by atoms with van der Waals surface area (Å²) in [5.74, 6) is -0.419. The lowest BCUT2D eigenvalue weighted by molar-refractivity contribution is 0.1000. The molecule has 0 saturated carbocycles. The number of rotatable bonds is 2. The molecule has 0 unspecified atom stereocenters. The minimum absolute atomic E-state index is 0.419. The lowest BCUT2D eigenvalue weighted by Gasteiger charge is -1.97. The normalized spacial score (nSPS) is 10.9. The van der Waals surface area contributed by atoms with Crippen molar-refractivity contribution in [2.45, 2.75) is 6.92 Å². The van der Waals surface area contributed by atoms with Gasteiger partial charge in [0, 0.05) is 17.0 Å². The number of hydrogen-bond acceptors (Lipinski definition) is 2. The molecule has 0 bridgehead atoms. The Morgan fingerprint density at radius 2 is 2.17 bits per heavy atom. The second kappa shape index (κ2) is 3.73.